The van der Waals surface area contributed by atoms with Crippen molar-refractivity contribution in [2.75, 3.05) is 18.8 Å². The first-order chi connectivity index (χ1) is 9.83. The molecule has 1 saturated heterocycles. The first-order valence-electron chi connectivity index (χ1n) is 7.46. The topological polar surface area (TPSA) is 29.3 Å². The molecule has 2 nitrogen and oxygen atoms in total. The number of hydrogen-bond donors (Lipinski definition) is 1. The van der Waals surface area contributed by atoms with Crippen LogP contribution in [0.3, 0.4) is 0 Å². The molecular formula is C18H22N2. The van der Waals surface area contributed by atoms with Gasteiger partial charge in [0.25, 0.3) is 0 Å². The molecule has 0 aliphatic carbocycles. The highest BCUT2D eigenvalue weighted by Crippen LogP contribution is 2.32. The third-order valence-electron chi connectivity index (χ3n) is 4.19. The standard InChI is InChI=1S/C18H22N2/c19-17-9-4-8-16(14-17)18-10-5-12-20(18)13-11-15-6-2-1-3-7-15/h1-4,6-9,14,18H,5,10-13,19H2. The van der Waals surface area contributed by atoms with E-state index in [1.807, 2.05) is 6.07 Å². The highest BCUT2D eigenvalue weighted by atomic mass is 15.2. The molecule has 3 rings (SSSR count). The highest BCUT2D eigenvalue weighted by Gasteiger charge is 2.25. The van der Waals surface area contributed by atoms with Gasteiger partial charge in [-0.3, -0.25) is 4.90 Å². The summed E-state index contributed by atoms with van der Waals surface area (Å²) in [5.74, 6) is 0. The van der Waals surface area contributed by atoms with Crippen molar-refractivity contribution in [2.24, 2.45) is 0 Å². The first-order valence-corrected chi connectivity index (χ1v) is 7.46. The van der Waals surface area contributed by atoms with Crippen LogP contribution in [0.15, 0.2) is 54.6 Å². The third-order valence-corrected chi connectivity index (χ3v) is 4.19. The van der Waals surface area contributed by atoms with Crippen molar-refractivity contribution >= 4 is 5.69 Å². The second-order valence-electron chi connectivity index (χ2n) is 5.60. The van der Waals surface area contributed by atoms with Crippen LogP contribution in [0.4, 0.5) is 5.69 Å². The van der Waals surface area contributed by atoms with E-state index in [9.17, 15) is 0 Å². The summed E-state index contributed by atoms with van der Waals surface area (Å²) in [4.78, 5) is 2.60. The van der Waals surface area contributed by atoms with Gasteiger partial charge in [0.05, 0.1) is 0 Å². The normalized spacial score (nSPS) is 19.3. The number of hydrogen-bond acceptors (Lipinski definition) is 2. The number of nitrogens with zero attached hydrogens (tertiary/aromatic N) is 1. The summed E-state index contributed by atoms with van der Waals surface area (Å²) in [5, 5.41) is 0. The zero-order chi connectivity index (χ0) is 13.8. The van der Waals surface area contributed by atoms with Gasteiger partial charge < -0.3 is 5.73 Å². The number of anilines is 1. The molecule has 0 spiro atoms. The second kappa shape index (κ2) is 6.10. The quantitative estimate of drug-likeness (QED) is 0.856. The SMILES string of the molecule is Nc1cccc(C2CCCN2CCc2ccccc2)c1. The summed E-state index contributed by atoms with van der Waals surface area (Å²) >= 11 is 0. The molecule has 1 heterocycles. The molecule has 1 fully saturated rings. The molecule has 2 heteroatoms. The summed E-state index contributed by atoms with van der Waals surface area (Å²) in [7, 11) is 0. The van der Waals surface area contributed by atoms with Crippen molar-refractivity contribution in [1.29, 1.82) is 0 Å². The maximum atomic E-state index is 5.92. The Morgan fingerprint density at radius 1 is 1.05 bits per heavy atom. The molecule has 1 aliphatic rings. The fourth-order valence-corrected chi connectivity index (χ4v) is 3.15. The predicted molar refractivity (Wildman–Crippen MR) is 84.5 cm³/mol. The number of rotatable bonds is 4. The van der Waals surface area contributed by atoms with Crippen molar-refractivity contribution in [1.82, 2.24) is 4.90 Å². The van der Waals surface area contributed by atoms with Crippen molar-refractivity contribution in [3.63, 3.8) is 0 Å². The van der Waals surface area contributed by atoms with E-state index in [1.54, 1.807) is 0 Å². The van der Waals surface area contributed by atoms with Crippen LogP contribution in [0.1, 0.15) is 30.0 Å². The number of benzene rings is 2. The minimum absolute atomic E-state index is 0.544. The van der Waals surface area contributed by atoms with E-state index >= 15 is 0 Å². The number of likely N-dealkylation sites (tertiary alicyclic amines) is 1. The minimum atomic E-state index is 0.544. The van der Waals surface area contributed by atoms with Gasteiger partial charge in [-0.25, -0.2) is 0 Å². The van der Waals surface area contributed by atoms with Gasteiger partial charge in [0.2, 0.25) is 0 Å². The summed E-state index contributed by atoms with van der Waals surface area (Å²) in [6, 6.07) is 19.7. The number of nitrogen functional groups attached to an aromatic ring is 1. The van der Waals surface area contributed by atoms with Crippen LogP contribution in [0.2, 0.25) is 0 Å². The molecule has 0 bridgehead atoms. The van der Waals surface area contributed by atoms with Crippen LogP contribution in [0, 0.1) is 0 Å². The molecule has 0 saturated carbocycles. The molecule has 0 amide bonds. The van der Waals surface area contributed by atoms with Gasteiger partial charge in [-0.05, 0) is 49.1 Å². The monoisotopic (exact) mass is 266 g/mol. The molecule has 1 atom stereocenters. The largest absolute Gasteiger partial charge is 0.399 e. The van der Waals surface area contributed by atoms with Crippen LogP contribution in [0.25, 0.3) is 0 Å². The van der Waals surface area contributed by atoms with Crippen LogP contribution in [-0.2, 0) is 6.42 Å². The Kier molecular flexibility index (Phi) is 4.03. The van der Waals surface area contributed by atoms with Gasteiger partial charge in [0.1, 0.15) is 0 Å². The predicted octanol–water partition coefficient (Wildman–Crippen LogP) is 3.65. The van der Waals surface area contributed by atoms with E-state index in [2.05, 4.69) is 53.4 Å². The van der Waals surface area contributed by atoms with E-state index in [4.69, 9.17) is 5.73 Å². The van der Waals surface area contributed by atoms with Gasteiger partial charge in [-0.2, -0.15) is 0 Å². The Hall–Kier alpha value is -1.80. The lowest BCUT2D eigenvalue weighted by molar-refractivity contribution is 0.260. The van der Waals surface area contributed by atoms with Crippen LogP contribution >= 0.6 is 0 Å². The Morgan fingerprint density at radius 2 is 1.90 bits per heavy atom. The lowest BCUT2D eigenvalue weighted by Gasteiger charge is -2.25. The third kappa shape index (κ3) is 3.02. The second-order valence-corrected chi connectivity index (χ2v) is 5.60. The smallest absolute Gasteiger partial charge is 0.0349 e. The zero-order valence-corrected chi connectivity index (χ0v) is 11.8. The van der Waals surface area contributed by atoms with Crippen LogP contribution < -0.4 is 5.73 Å². The number of nitrogens with two attached hydrogens (primary N) is 1. The molecule has 104 valence electrons. The van der Waals surface area contributed by atoms with Crippen molar-refractivity contribution in [2.45, 2.75) is 25.3 Å². The summed E-state index contributed by atoms with van der Waals surface area (Å²) < 4.78 is 0. The van der Waals surface area contributed by atoms with Crippen molar-refractivity contribution in [3.05, 3.63) is 65.7 Å². The van der Waals surface area contributed by atoms with Gasteiger partial charge >= 0.3 is 0 Å². The highest BCUT2D eigenvalue weighted by molar-refractivity contribution is 5.41. The Labute approximate surface area is 121 Å². The average molecular weight is 266 g/mol. The van der Waals surface area contributed by atoms with Gasteiger partial charge in [0.15, 0.2) is 0 Å². The molecule has 2 N–H and O–H groups in total. The van der Waals surface area contributed by atoms with Gasteiger partial charge in [0, 0.05) is 18.3 Å². The Morgan fingerprint density at radius 3 is 2.70 bits per heavy atom. The lowest BCUT2D eigenvalue weighted by atomic mass is 10.0. The zero-order valence-electron chi connectivity index (χ0n) is 11.8. The summed E-state index contributed by atoms with van der Waals surface area (Å²) in [5.41, 5.74) is 9.58. The first kappa shape index (κ1) is 13.2. The molecule has 1 unspecified atom stereocenters. The van der Waals surface area contributed by atoms with Gasteiger partial charge in [-0.1, -0.05) is 42.5 Å². The molecule has 1 aliphatic heterocycles. The molecule has 0 aromatic heterocycles. The Bertz CT molecular complexity index is 550. The minimum Gasteiger partial charge on any atom is -0.399 e. The van der Waals surface area contributed by atoms with Gasteiger partial charge in [-0.15, -0.1) is 0 Å². The summed E-state index contributed by atoms with van der Waals surface area (Å²) in [6.07, 6.45) is 3.66. The molecule has 2 aromatic rings. The molecule has 0 radical (unpaired) electrons. The fraction of sp³-hybridized carbons (Fsp3) is 0.333. The molecular weight excluding hydrogens is 244 g/mol. The van der Waals surface area contributed by atoms with E-state index in [1.165, 1.54) is 30.5 Å². The van der Waals surface area contributed by atoms with E-state index in [-0.39, 0.29) is 0 Å². The van der Waals surface area contributed by atoms with E-state index < -0.39 is 0 Å². The van der Waals surface area contributed by atoms with Crippen molar-refractivity contribution in [3.8, 4) is 0 Å². The maximum Gasteiger partial charge on any atom is 0.0349 e. The average Bonchev–Trinajstić information content (AvgIpc) is 2.95. The van der Waals surface area contributed by atoms with Crippen molar-refractivity contribution < 1.29 is 0 Å². The Balaban J connectivity index is 1.67. The molecule has 2 aromatic carbocycles. The van der Waals surface area contributed by atoms with Crippen LogP contribution in [-0.4, -0.2) is 18.0 Å². The molecule has 20 heavy (non-hydrogen) atoms. The maximum absolute atomic E-state index is 5.92. The van der Waals surface area contributed by atoms with Crippen LogP contribution in [0.5, 0.6) is 0 Å². The van der Waals surface area contributed by atoms with E-state index in [0.29, 0.717) is 6.04 Å². The summed E-state index contributed by atoms with van der Waals surface area (Å²) in [6.45, 7) is 2.33. The fourth-order valence-electron chi connectivity index (χ4n) is 3.15. The lowest BCUT2D eigenvalue weighted by Crippen LogP contribution is -2.25. The van der Waals surface area contributed by atoms with E-state index in [0.717, 1.165) is 18.7 Å².